The molecule has 11 heteroatoms. The summed E-state index contributed by atoms with van der Waals surface area (Å²) in [7, 11) is 0. The smallest absolute Gasteiger partial charge is 0.195 e. The van der Waals surface area contributed by atoms with E-state index in [1.165, 1.54) is 22.7 Å². The Morgan fingerprint density at radius 1 is 0.529 bits per heavy atom. The number of aromatic nitrogens is 2. The number of nitrogens with zero attached hydrogens (tertiary/aromatic N) is 2. The second-order valence-corrected chi connectivity index (χ2v) is 14.6. The number of fused-ring (bicyclic) bond motifs is 2. The minimum absolute atomic E-state index is 0. The Bertz CT molecular complexity index is 2180. The Morgan fingerprint density at radius 3 is 1.33 bits per heavy atom. The van der Waals surface area contributed by atoms with Gasteiger partial charge in [0, 0.05) is 82.0 Å². The maximum Gasteiger partial charge on any atom is 0.195 e. The summed E-state index contributed by atoms with van der Waals surface area (Å²) in [6.45, 7) is 0. The van der Waals surface area contributed by atoms with Crippen LogP contribution in [0.3, 0.4) is 0 Å². The van der Waals surface area contributed by atoms with Crippen molar-refractivity contribution in [2.24, 2.45) is 0 Å². The number of rotatable bonds is 6. The van der Waals surface area contributed by atoms with E-state index in [0.29, 0.717) is 11.1 Å². The maximum absolute atomic E-state index is 12.5. The van der Waals surface area contributed by atoms with Crippen LogP contribution in [0.1, 0.15) is 31.8 Å². The third-order valence-corrected chi connectivity index (χ3v) is 10.4. The predicted octanol–water partition coefficient (Wildman–Crippen LogP) is 11.6. The van der Waals surface area contributed by atoms with E-state index in [9.17, 15) is 9.59 Å². The third-order valence-electron chi connectivity index (χ3n) is 7.81. The van der Waals surface area contributed by atoms with Crippen LogP contribution >= 0.6 is 54.5 Å². The van der Waals surface area contributed by atoms with Gasteiger partial charge in [-0.3, -0.25) is 9.59 Å². The van der Waals surface area contributed by atoms with Crippen LogP contribution < -0.4 is 10.6 Å². The number of benzene rings is 4. The number of ketones is 2. The normalized spacial score (nSPS) is 14.3. The van der Waals surface area contributed by atoms with Crippen molar-refractivity contribution in [2.45, 2.75) is 0 Å². The zero-order chi connectivity index (χ0) is 34.5. The van der Waals surface area contributed by atoms with Crippen LogP contribution in [0.15, 0.2) is 152 Å². The average molecular weight is 877 g/mol. The summed E-state index contributed by atoms with van der Waals surface area (Å²) in [6, 6.07) is 31.3. The second-order valence-electron chi connectivity index (χ2n) is 11.1. The largest absolute Gasteiger partial charge is 0.337 e. The molecular weight excluding hydrogens is 851 g/mol. The van der Waals surface area contributed by atoms with Crippen molar-refractivity contribution in [3.63, 3.8) is 0 Å². The van der Waals surface area contributed by atoms with Gasteiger partial charge in [0.1, 0.15) is 0 Å². The first-order valence-corrected chi connectivity index (χ1v) is 18.8. The van der Waals surface area contributed by atoms with Gasteiger partial charge < -0.3 is 10.6 Å². The van der Waals surface area contributed by atoms with Gasteiger partial charge in [0.15, 0.2) is 21.8 Å². The summed E-state index contributed by atoms with van der Waals surface area (Å²) < 4.78 is 2.08. The molecule has 0 saturated heterocycles. The van der Waals surface area contributed by atoms with Crippen molar-refractivity contribution < 1.29 is 26.1 Å². The Morgan fingerprint density at radius 2 is 0.922 bits per heavy atom. The first kappa shape index (κ1) is 36.3. The zero-order valence-corrected chi connectivity index (χ0v) is 32.2. The molecule has 0 bridgehead atoms. The molecule has 6 aromatic rings. The summed E-state index contributed by atoms with van der Waals surface area (Å²) in [5.74, 6) is 0.0468. The Hall–Kier alpha value is -4.51. The number of thiazole rings is 2. The number of Topliss-reactive ketones (excluding diaryl/α,β-unsaturated/α-hetero) is 2. The van der Waals surface area contributed by atoms with E-state index in [0.717, 1.165) is 64.0 Å². The van der Waals surface area contributed by atoms with E-state index in [4.69, 9.17) is 0 Å². The molecule has 2 aliphatic carbocycles. The minimum Gasteiger partial charge on any atom is -0.337 e. The van der Waals surface area contributed by atoms with Crippen LogP contribution in [-0.2, 0) is 16.5 Å². The van der Waals surface area contributed by atoms with Crippen LogP contribution in [0.5, 0.6) is 0 Å². The molecule has 2 aliphatic rings. The van der Waals surface area contributed by atoms with Gasteiger partial charge in [-0.1, -0.05) is 117 Å². The van der Waals surface area contributed by atoms with E-state index in [2.05, 4.69) is 52.5 Å². The molecule has 0 atom stereocenters. The number of nitrogens with one attached hydrogen (secondary N) is 2. The number of hydrogen-bond acceptors (Lipinski definition) is 8. The van der Waals surface area contributed by atoms with Crippen molar-refractivity contribution in [1.82, 2.24) is 9.97 Å². The molecule has 4 aromatic carbocycles. The van der Waals surface area contributed by atoms with Crippen LogP contribution in [0.4, 0.5) is 10.3 Å². The molecule has 0 radical (unpaired) electrons. The van der Waals surface area contributed by atoms with Gasteiger partial charge in [-0.25, -0.2) is 9.97 Å². The van der Waals surface area contributed by atoms with Crippen molar-refractivity contribution in [3.05, 3.63) is 175 Å². The Balaban J connectivity index is 0.000000172. The second kappa shape index (κ2) is 16.7. The zero-order valence-electron chi connectivity index (χ0n) is 26.5. The topological polar surface area (TPSA) is 84.0 Å². The third kappa shape index (κ3) is 8.69. The predicted molar refractivity (Wildman–Crippen MR) is 214 cm³/mol. The maximum atomic E-state index is 12.5. The van der Waals surface area contributed by atoms with Crippen molar-refractivity contribution in [2.75, 3.05) is 10.6 Å². The molecule has 0 spiro atoms. The number of anilines is 2. The van der Waals surface area contributed by atoms with E-state index < -0.39 is 0 Å². The minimum atomic E-state index is 0. The van der Waals surface area contributed by atoms with Crippen molar-refractivity contribution in [3.8, 4) is 22.5 Å². The first-order valence-electron chi connectivity index (χ1n) is 15.4. The molecule has 51 heavy (non-hydrogen) atoms. The average Bonchev–Trinajstić information content (AvgIpc) is 3.83. The summed E-state index contributed by atoms with van der Waals surface area (Å²) in [5.41, 5.74) is 8.56. The number of halogens is 2. The summed E-state index contributed by atoms with van der Waals surface area (Å²) in [4.78, 5) is 34.2. The number of carbonyl (C=O) groups is 2. The number of allylic oxidation sites excluding steroid dienone is 4. The molecule has 0 unspecified atom stereocenters. The van der Waals surface area contributed by atoms with E-state index >= 15 is 0 Å². The molecule has 2 aromatic heterocycles. The van der Waals surface area contributed by atoms with E-state index in [1.54, 1.807) is 12.4 Å². The molecular formula is C40H26Br2N4NiO2S2. The van der Waals surface area contributed by atoms with Gasteiger partial charge in [-0.2, -0.15) is 0 Å². The van der Waals surface area contributed by atoms with Crippen molar-refractivity contribution in [1.29, 1.82) is 0 Å². The fraction of sp³-hybridized carbons (Fsp3) is 0. The molecule has 0 saturated carbocycles. The fourth-order valence-corrected chi connectivity index (χ4v) is 7.12. The molecule has 0 fully saturated rings. The summed E-state index contributed by atoms with van der Waals surface area (Å²) in [5, 5.41) is 11.8. The van der Waals surface area contributed by atoms with Gasteiger partial charge in [0.25, 0.3) is 0 Å². The molecule has 2 heterocycles. The van der Waals surface area contributed by atoms with Gasteiger partial charge >= 0.3 is 0 Å². The molecule has 0 aliphatic heterocycles. The van der Waals surface area contributed by atoms with E-state index in [1.807, 2.05) is 132 Å². The first-order chi connectivity index (χ1) is 24.4. The van der Waals surface area contributed by atoms with Crippen LogP contribution in [0.25, 0.3) is 34.7 Å². The Labute approximate surface area is 330 Å². The van der Waals surface area contributed by atoms with E-state index in [-0.39, 0.29) is 28.1 Å². The number of hydrogen-bond donors (Lipinski definition) is 2. The molecule has 2 N–H and O–H groups in total. The van der Waals surface area contributed by atoms with Crippen LogP contribution in [-0.4, -0.2) is 21.5 Å². The van der Waals surface area contributed by atoms with Crippen molar-refractivity contribution >= 4 is 88.5 Å². The monoisotopic (exact) mass is 874 g/mol. The molecule has 254 valence electrons. The SMILES string of the molecule is O=C1/C(=C\Nc2nc(-c3ccc(Br)cc3)cs2)C=Cc2ccccc21.O=C1/C(=C\Nc2nc(-c3ccc(Br)cc3)cs2)C=Cc2ccccc21.[Ni]. The summed E-state index contributed by atoms with van der Waals surface area (Å²) in [6.07, 6.45) is 11.0. The fourth-order valence-electron chi connectivity index (χ4n) is 5.21. The Kier molecular flexibility index (Phi) is 11.9. The summed E-state index contributed by atoms with van der Waals surface area (Å²) >= 11 is 9.89. The molecule has 6 nitrogen and oxygen atoms in total. The van der Waals surface area contributed by atoms with Gasteiger partial charge in [0.05, 0.1) is 11.4 Å². The van der Waals surface area contributed by atoms with Gasteiger partial charge in [-0.15, -0.1) is 22.7 Å². The molecule has 0 amide bonds. The quantitative estimate of drug-likeness (QED) is 0.128. The molecule has 8 rings (SSSR count). The van der Waals surface area contributed by atoms with Gasteiger partial charge in [-0.05, 0) is 47.5 Å². The number of carbonyl (C=O) groups excluding carboxylic acids is 2. The van der Waals surface area contributed by atoms with Crippen LogP contribution in [0.2, 0.25) is 0 Å². The van der Waals surface area contributed by atoms with Gasteiger partial charge in [0.2, 0.25) is 0 Å². The van der Waals surface area contributed by atoms with Crippen LogP contribution in [0, 0.1) is 0 Å². The standard InChI is InChI=1S/2C20H13BrN2OS.Ni/c2*21-16-9-7-14(8-10-16)18-12-25-20(23-18)22-11-15-6-5-13-3-1-2-4-17(13)19(15)24;/h2*1-12H,(H,22,23);/b2*15-11-;.